The van der Waals surface area contributed by atoms with Gasteiger partial charge in [0, 0.05) is 0 Å². The molecule has 0 radical (unpaired) electrons. The minimum Gasteiger partial charge on any atom is -0.385 e. The van der Waals surface area contributed by atoms with Crippen molar-refractivity contribution < 1.29 is 38.8 Å². The quantitative estimate of drug-likeness (QED) is 0.409. The zero-order valence-corrected chi connectivity index (χ0v) is 19.2. The molecule has 8 heteroatoms. The number of carbonyl (C=O) groups is 3. The van der Waals surface area contributed by atoms with Crippen molar-refractivity contribution in [3.05, 3.63) is 0 Å². The van der Waals surface area contributed by atoms with Crippen LogP contribution in [0.1, 0.15) is 68.7 Å². The van der Waals surface area contributed by atoms with Gasteiger partial charge in [0.05, 0.1) is 13.2 Å². The predicted molar refractivity (Wildman–Crippen MR) is 108 cm³/mol. The first-order valence-corrected chi connectivity index (χ1v) is 9.90. The van der Waals surface area contributed by atoms with Crippen molar-refractivity contribution in [3.63, 3.8) is 0 Å². The monoisotopic (exact) mass is 418 g/mol. The van der Waals surface area contributed by atoms with E-state index in [1.54, 1.807) is 27.7 Å². The van der Waals surface area contributed by atoms with Gasteiger partial charge < -0.3 is 24.4 Å². The van der Waals surface area contributed by atoms with Crippen LogP contribution in [0.15, 0.2) is 0 Å². The molecule has 0 bridgehead atoms. The number of ketones is 3. The molecule has 0 saturated heterocycles. The molecule has 0 amide bonds. The highest BCUT2D eigenvalue weighted by molar-refractivity contribution is 5.92. The van der Waals surface area contributed by atoms with Crippen molar-refractivity contribution >= 4 is 17.3 Å². The number of ether oxygens (including phenoxy) is 3. The average molecular weight is 419 g/mol. The largest absolute Gasteiger partial charge is 0.385 e. The number of aliphatic hydroxyl groups is 2. The van der Waals surface area contributed by atoms with Crippen molar-refractivity contribution in [1.82, 2.24) is 0 Å². The lowest BCUT2D eigenvalue weighted by Crippen LogP contribution is -2.49. The summed E-state index contributed by atoms with van der Waals surface area (Å²) >= 11 is 0. The Bertz CT molecular complexity index is 575. The van der Waals surface area contributed by atoms with E-state index in [1.807, 2.05) is 0 Å². The summed E-state index contributed by atoms with van der Waals surface area (Å²) in [5.41, 5.74) is -3.58. The van der Waals surface area contributed by atoms with Crippen molar-refractivity contribution in [2.24, 2.45) is 0 Å². The molecule has 0 saturated carbocycles. The van der Waals surface area contributed by atoms with Crippen LogP contribution in [0.25, 0.3) is 0 Å². The number of aliphatic hydroxyl groups excluding tert-OH is 2. The van der Waals surface area contributed by atoms with E-state index in [4.69, 9.17) is 14.2 Å². The van der Waals surface area contributed by atoms with Crippen LogP contribution in [0.5, 0.6) is 0 Å². The molecular weight excluding hydrogens is 380 g/mol. The van der Waals surface area contributed by atoms with Crippen molar-refractivity contribution in [1.29, 1.82) is 0 Å². The van der Waals surface area contributed by atoms with Gasteiger partial charge in [0.25, 0.3) is 0 Å². The summed E-state index contributed by atoms with van der Waals surface area (Å²) in [6.45, 7) is 14.1. The van der Waals surface area contributed by atoms with Gasteiger partial charge in [-0.1, -0.05) is 0 Å². The lowest BCUT2D eigenvalue weighted by Gasteiger charge is -2.32. The molecule has 0 aliphatic heterocycles. The maximum Gasteiger partial charge on any atom is 0.192 e. The zero-order valence-electron chi connectivity index (χ0n) is 19.2. The van der Waals surface area contributed by atoms with Gasteiger partial charge in [0.15, 0.2) is 17.3 Å². The first-order chi connectivity index (χ1) is 13.0. The summed E-state index contributed by atoms with van der Waals surface area (Å²) in [5.74, 6) is -1.26. The molecule has 0 aromatic rings. The molecule has 8 nitrogen and oxygen atoms in total. The van der Waals surface area contributed by atoms with Gasteiger partial charge >= 0.3 is 0 Å². The summed E-state index contributed by atoms with van der Waals surface area (Å²) in [5, 5.41) is 18.9. The Morgan fingerprint density at radius 3 is 1.41 bits per heavy atom. The van der Waals surface area contributed by atoms with Gasteiger partial charge in [-0.2, -0.15) is 0 Å². The number of rotatable bonds is 14. The van der Waals surface area contributed by atoms with Gasteiger partial charge in [0.2, 0.25) is 0 Å². The number of hydrogen-bond acceptors (Lipinski definition) is 8. The van der Waals surface area contributed by atoms with Crippen LogP contribution in [0.2, 0.25) is 0 Å². The summed E-state index contributed by atoms with van der Waals surface area (Å²) in [4.78, 5) is 36.6. The Labute approximate surface area is 173 Å². The van der Waals surface area contributed by atoms with Gasteiger partial charge in [0.1, 0.15) is 35.1 Å². The van der Waals surface area contributed by atoms with Crippen LogP contribution in [0, 0.1) is 0 Å². The zero-order chi connectivity index (χ0) is 23.2. The van der Waals surface area contributed by atoms with Crippen molar-refractivity contribution in [2.75, 3.05) is 13.2 Å². The molecule has 0 rings (SSSR count). The van der Waals surface area contributed by atoms with E-state index in [9.17, 15) is 24.6 Å². The minimum absolute atomic E-state index is 0.209. The fourth-order valence-corrected chi connectivity index (χ4v) is 2.90. The Balaban J connectivity index is 4.62. The lowest BCUT2D eigenvalue weighted by molar-refractivity contribution is -0.169. The Morgan fingerprint density at radius 1 is 0.690 bits per heavy atom. The normalized spacial score (nSPS) is 16.2. The molecule has 170 valence electrons. The van der Waals surface area contributed by atoms with E-state index in [-0.39, 0.29) is 19.0 Å². The first-order valence-electron chi connectivity index (χ1n) is 9.90. The Kier molecular flexibility index (Phi) is 10.3. The molecular formula is C21H38O8. The van der Waals surface area contributed by atoms with Gasteiger partial charge in [-0.25, -0.2) is 0 Å². The van der Waals surface area contributed by atoms with E-state index in [1.165, 1.54) is 34.6 Å². The van der Waals surface area contributed by atoms with E-state index in [0.29, 0.717) is 6.42 Å². The fraction of sp³-hybridized carbons (Fsp3) is 0.857. The molecule has 0 aliphatic rings. The summed E-state index contributed by atoms with van der Waals surface area (Å²) in [6.07, 6.45) is -2.78. The molecule has 0 fully saturated rings. The highest BCUT2D eigenvalue weighted by Crippen LogP contribution is 2.21. The topological polar surface area (TPSA) is 119 Å². The van der Waals surface area contributed by atoms with E-state index < -0.39 is 46.7 Å². The second kappa shape index (κ2) is 10.7. The third-order valence-corrected chi connectivity index (χ3v) is 4.59. The molecule has 3 atom stereocenters. The SMILES string of the molecule is CC(O)C(=O)C(C)(C)OCCCOC(C)(C)C(=O)C(C)OC(C)(C)C(=O)C(C)O. The molecule has 0 aliphatic carbocycles. The molecule has 3 unspecified atom stereocenters. The molecule has 2 N–H and O–H groups in total. The molecule has 0 aromatic carbocycles. The second-order valence-corrected chi connectivity index (χ2v) is 8.79. The maximum atomic E-state index is 12.7. The smallest absolute Gasteiger partial charge is 0.192 e. The number of Topliss-reactive ketones (excluding diaryl/α,β-unsaturated/α-hetero) is 3. The highest BCUT2D eigenvalue weighted by atomic mass is 16.5. The Hall–Kier alpha value is -1.19. The summed E-state index contributed by atoms with van der Waals surface area (Å²) < 4.78 is 16.8. The molecule has 0 heterocycles. The molecule has 29 heavy (non-hydrogen) atoms. The number of hydrogen-bond donors (Lipinski definition) is 2. The van der Waals surface area contributed by atoms with Crippen LogP contribution in [-0.4, -0.2) is 75.9 Å². The van der Waals surface area contributed by atoms with Gasteiger partial charge in [-0.3, -0.25) is 14.4 Å². The third-order valence-electron chi connectivity index (χ3n) is 4.59. The van der Waals surface area contributed by atoms with E-state index in [0.717, 1.165) is 0 Å². The highest BCUT2D eigenvalue weighted by Gasteiger charge is 2.39. The first kappa shape index (κ1) is 27.8. The summed E-state index contributed by atoms with van der Waals surface area (Å²) in [6, 6.07) is 0. The average Bonchev–Trinajstić information content (AvgIpc) is 2.58. The van der Waals surface area contributed by atoms with Crippen molar-refractivity contribution in [2.45, 2.75) is 104 Å². The molecule has 0 aromatic heterocycles. The van der Waals surface area contributed by atoms with Crippen LogP contribution in [0.4, 0.5) is 0 Å². The van der Waals surface area contributed by atoms with Crippen molar-refractivity contribution in [3.8, 4) is 0 Å². The second-order valence-electron chi connectivity index (χ2n) is 8.79. The third kappa shape index (κ3) is 8.60. The van der Waals surface area contributed by atoms with Crippen LogP contribution in [-0.2, 0) is 28.6 Å². The van der Waals surface area contributed by atoms with Crippen LogP contribution in [0.3, 0.4) is 0 Å². The van der Waals surface area contributed by atoms with Crippen LogP contribution >= 0.6 is 0 Å². The van der Waals surface area contributed by atoms with E-state index in [2.05, 4.69) is 0 Å². The minimum atomic E-state index is -1.31. The predicted octanol–water partition coefficient (Wildman–Crippen LogP) is 1.62. The fourth-order valence-electron chi connectivity index (χ4n) is 2.90. The maximum absolute atomic E-state index is 12.7. The van der Waals surface area contributed by atoms with Crippen LogP contribution < -0.4 is 0 Å². The van der Waals surface area contributed by atoms with E-state index >= 15 is 0 Å². The Morgan fingerprint density at radius 2 is 1.03 bits per heavy atom. The standard InChI is InChI=1S/C21H38O8/c1-13(22)16(24)19(4,5)27-11-10-12-28-20(6,7)18(26)15(3)29-21(8,9)17(25)14(2)23/h13-15,22-23H,10-12H2,1-9H3. The number of carbonyl (C=O) groups excluding carboxylic acids is 3. The van der Waals surface area contributed by atoms with Gasteiger partial charge in [-0.05, 0) is 68.7 Å². The lowest BCUT2D eigenvalue weighted by atomic mass is 9.96. The van der Waals surface area contributed by atoms with Gasteiger partial charge in [-0.15, -0.1) is 0 Å². The summed E-state index contributed by atoms with van der Waals surface area (Å²) in [7, 11) is 0. The molecule has 0 spiro atoms.